The highest BCUT2D eigenvalue weighted by atomic mass is 16.6. The second-order valence-corrected chi connectivity index (χ2v) is 6.40. The van der Waals surface area contributed by atoms with Gasteiger partial charge in [0.2, 0.25) is 5.91 Å². The van der Waals surface area contributed by atoms with E-state index in [2.05, 4.69) is 48.3 Å². The lowest BCUT2D eigenvalue weighted by molar-refractivity contribution is -0.123. The Kier molecular flexibility index (Phi) is 7.25. The zero-order valence-electron chi connectivity index (χ0n) is 15.5. The summed E-state index contributed by atoms with van der Waals surface area (Å²) in [6.45, 7) is 9.25. The van der Waals surface area contributed by atoms with Crippen molar-refractivity contribution in [3.63, 3.8) is 0 Å². The molecular formula is C19H29N3O3. The molecule has 0 radical (unpaired) electrons. The van der Waals surface area contributed by atoms with Crippen molar-refractivity contribution in [2.24, 2.45) is 0 Å². The lowest BCUT2D eigenvalue weighted by Gasteiger charge is -2.33. The normalized spacial score (nSPS) is 16.4. The SMILES string of the molecule is CCOC(=O)N1CCN(CC(=O)N[C@@H](CC)c2ccc(C)cc2)CC1. The fourth-order valence-electron chi connectivity index (χ4n) is 2.97. The number of carbonyl (C=O) groups is 2. The van der Waals surface area contributed by atoms with Gasteiger partial charge in [-0.15, -0.1) is 0 Å². The van der Waals surface area contributed by atoms with Crippen LogP contribution in [0.4, 0.5) is 4.79 Å². The van der Waals surface area contributed by atoms with E-state index in [0.29, 0.717) is 39.3 Å². The molecule has 0 spiro atoms. The molecule has 0 bridgehead atoms. The molecule has 2 amide bonds. The summed E-state index contributed by atoms with van der Waals surface area (Å²) in [6.07, 6.45) is 0.586. The fraction of sp³-hybridized carbons (Fsp3) is 0.579. The molecule has 0 aromatic heterocycles. The first-order chi connectivity index (χ1) is 12.0. The summed E-state index contributed by atoms with van der Waals surface area (Å²) in [6, 6.07) is 8.32. The topological polar surface area (TPSA) is 61.9 Å². The summed E-state index contributed by atoms with van der Waals surface area (Å²) in [4.78, 5) is 27.8. The maximum atomic E-state index is 12.4. The molecule has 6 heteroatoms. The number of benzene rings is 1. The molecule has 1 aromatic rings. The van der Waals surface area contributed by atoms with Gasteiger partial charge in [-0.1, -0.05) is 36.8 Å². The highest BCUT2D eigenvalue weighted by Crippen LogP contribution is 2.17. The zero-order chi connectivity index (χ0) is 18.2. The van der Waals surface area contributed by atoms with E-state index in [0.717, 1.165) is 12.0 Å². The van der Waals surface area contributed by atoms with Crippen LogP contribution in [0.25, 0.3) is 0 Å². The van der Waals surface area contributed by atoms with Crippen molar-refractivity contribution in [1.29, 1.82) is 0 Å². The standard InChI is InChI=1S/C19H29N3O3/c1-4-17(16-8-6-15(3)7-9-16)20-18(23)14-21-10-12-22(13-11-21)19(24)25-5-2/h6-9,17H,4-5,10-14H2,1-3H3,(H,20,23)/t17-/m0/s1. The van der Waals surface area contributed by atoms with Gasteiger partial charge in [0.1, 0.15) is 0 Å². The first-order valence-electron chi connectivity index (χ1n) is 9.03. The van der Waals surface area contributed by atoms with Gasteiger partial charge in [-0.25, -0.2) is 4.79 Å². The average Bonchev–Trinajstić information content (AvgIpc) is 2.61. The summed E-state index contributed by atoms with van der Waals surface area (Å²) < 4.78 is 5.01. The highest BCUT2D eigenvalue weighted by molar-refractivity contribution is 5.78. The molecule has 1 aliphatic heterocycles. The van der Waals surface area contributed by atoms with Crippen LogP contribution in [-0.2, 0) is 9.53 Å². The number of hydrogen-bond acceptors (Lipinski definition) is 4. The summed E-state index contributed by atoms with van der Waals surface area (Å²) in [5.41, 5.74) is 2.35. The van der Waals surface area contributed by atoms with Crippen molar-refractivity contribution in [1.82, 2.24) is 15.1 Å². The second kappa shape index (κ2) is 9.42. The smallest absolute Gasteiger partial charge is 0.409 e. The van der Waals surface area contributed by atoms with Crippen LogP contribution in [0.3, 0.4) is 0 Å². The molecule has 1 heterocycles. The lowest BCUT2D eigenvalue weighted by atomic mass is 10.0. The first kappa shape index (κ1) is 19.2. The van der Waals surface area contributed by atoms with Gasteiger partial charge in [-0.05, 0) is 25.8 Å². The Balaban J connectivity index is 1.80. The fourth-order valence-corrected chi connectivity index (χ4v) is 2.97. The van der Waals surface area contributed by atoms with Crippen molar-refractivity contribution in [3.8, 4) is 0 Å². The van der Waals surface area contributed by atoms with Gasteiger partial charge in [0.15, 0.2) is 0 Å². The van der Waals surface area contributed by atoms with Crippen molar-refractivity contribution in [2.45, 2.75) is 33.2 Å². The van der Waals surface area contributed by atoms with E-state index >= 15 is 0 Å². The largest absolute Gasteiger partial charge is 0.450 e. The molecule has 2 rings (SSSR count). The molecule has 1 saturated heterocycles. The van der Waals surface area contributed by atoms with Crippen LogP contribution in [0, 0.1) is 6.92 Å². The Morgan fingerprint density at radius 1 is 1.12 bits per heavy atom. The van der Waals surface area contributed by atoms with Gasteiger partial charge < -0.3 is 15.0 Å². The van der Waals surface area contributed by atoms with Crippen LogP contribution in [0.2, 0.25) is 0 Å². The molecule has 0 aliphatic carbocycles. The minimum absolute atomic E-state index is 0.0250. The van der Waals surface area contributed by atoms with Crippen LogP contribution >= 0.6 is 0 Å². The number of nitrogens with zero attached hydrogens (tertiary/aromatic N) is 2. The molecule has 0 unspecified atom stereocenters. The number of rotatable bonds is 6. The number of carbonyl (C=O) groups excluding carboxylic acids is 2. The van der Waals surface area contributed by atoms with Crippen LogP contribution in [-0.4, -0.2) is 61.1 Å². The molecular weight excluding hydrogens is 318 g/mol. The van der Waals surface area contributed by atoms with Crippen LogP contribution < -0.4 is 5.32 Å². The molecule has 6 nitrogen and oxygen atoms in total. The Morgan fingerprint density at radius 3 is 2.32 bits per heavy atom. The number of hydrogen-bond donors (Lipinski definition) is 1. The van der Waals surface area contributed by atoms with Crippen LogP contribution in [0.1, 0.15) is 37.4 Å². The van der Waals surface area contributed by atoms with Gasteiger partial charge in [-0.3, -0.25) is 9.69 Å². The summed E-state index contributed by atoms with van der Waals surface area (Å²) in [5.74, 6) is 0.0250. The van der Waals surface area contributed by atoms with Gasteiger partial charge in [0.25, 0.3) is 0 Å². The Bertz CT molecular complexity index is 566. The molecule has 1 fully saturated rings. The minimum Gasteiger partial charge on any atom is -0.450 e. The quantitative estimate of drug-likeness (QED) is 0.858. The summed E-state index contributed by atoms with van der Waals surface area (Å²) >= 11 is 0. The van der Waals surface area contributed by atoms with E-state index in [4.69, 9.17) is 4.74 Å². The Morgan fingerprint density at radius 2 is 1.76 bits per heavy atom. The predicted molar refractivity (Wildman–Crippen MR) is 97.4 cm³/mol. The minimum atomic E-state index is -0.267. The molecule has 25 heavy (non-hydrogen) atoms. The predicted octanol–water partition coefficient (Wildman–Crippen LogP) is 2.34. The molecule has 1 aromatic carbocycles. The summed E-state index contributed by atoms with van der Waals surface area (Å²) in [5, 5.41) is 3.12. The monoisotopic (exact) mass is 347 g/mol. The number of ether oxygens (including phenoxy) is 1. The third-order valence-corrected chi connectivity index (χ3v) is 4.49. The third-order valence-electron chi connectivity index (χ3n) is 4.49. The Labute approximate surface area is 150 Å². The van der Waals surface area contributed by atoms with Crippen LogP contribution in [0.5, 0.6) is 0 Å². The van der Waals surface area contributed by atoms with Crippen molar-refractivity contribution < 1.29 is 14.3 Å². The third kappa shape index (κ3) is 5.74. The second-order valence-electron chi connectivity index (χ2n) is 6.40. The van der Waals surface area contributed by atoms with E-state index < -0.39 is 0 Å². The lowest BCUT2D eigenvalue weighted by Crippen LogP contribution is -2.51. The van der Waals surface area contributed by atoms with Gasteiger partial charge >= 0.3 is 6.09 Å². The number of piperazine rings is 1. The average molecular weight is 347 g/mol. The van der Waals surface area contributed by atoms with Gasteiger partial charge in [0, 0.05) is 26.2 Å². The van der Waals surface area contributed by atoms with E-state index in [9.17, 15) is 9.59 Å². The molecule has 1 N–H and O–H groups in total. The Hall–Kier alpha value is -2.08. The first-order valence-corrected chi connectivity index (χ1v) is 9.03. The van der Waals surface area contributed by atoms with E-state index in [1.807, 2.05) is 0 Å². The van der Waals surface area contributed by atoms with E-state index in [1.165, 1.54) is 5.56 Å². The van der Waals surface area contributed by atoms with Crippen LogP contribution in [0.15, 0.2) is 24.3 Å². The number of nitrogens with one attached hydrogen (secondary N) is 1. The van der Waals surface area contributed by atoms with Gasteiger partial charge in [-0.2, -0.15) is 0 Å². The maximum absolute atomic E-state index is 12.4. The summed E-state index contributed by atoms with van der Waals surface area (Å²) in [7, 11) is 0. The highest BCUT2D eigenvalue weighted by Gasteiger charge is 2.23. The van der Waals surface area contributed by atoms with Crippen molar-refractivity contribution in [2.75, 3.05) is 39.3 Å². The molecule has 1 aliphatic rings. The zero-order valence-corrected chi connectivity index (χ0v) is 15.5. The molecule has 138 valence electrons. The van der Waals surface area contributed by atoms with E-state index in [1.54, 1.807) is 11.8 Å². The number of amides is 2. The maximum Gasteiger partial charge on any atom is 0.409 e. The molecule has 0 saturated carbocycles. The van der Waals surface area contributed by atoms with E-state index in [-0.39, 0.29) is 18.0 Å². The molecule has 1 atom stereocenters. The van der Waals surface area contributed by atoms with Crippen molar-refractivity contribution in [3.05, 3.63) is 35.4 Å². The van der Waals surface area contributed by atoms with Crippen molar-refractivity contribution >= 4 is 12.0 Å². The van der Waals surface area contributed by atoms with Gasteiger partial charge in [0.05, 0.1) is 19.2 Å². The number of aryl methyl sites for hydroxylation is 1.